The van der Waals surface area contributed by atoms with Gasteiger partial charge in [0.05, 0.1) is 5.38 Å². The van der Waals surface area contributed by atoms with Gasteiger partial charge in [-0.05, 0) is 29.4 Å². The van der Waals surface area contributed by atoms with E-state index >= 15 is 0 Å². The molecule has 2 heteroatoms. The number of hydrogen-bond acceptors (Lipinski definition) is 1. The Labute approximate surface area is 107 Å². The van der Waals surface area contributed by atoms with Crippen LogP contribution in [0.4, 0.5) is 0 Å². The van der Waals surface area contributed by atoms with Crippen molar-refractivity contribution in [3.05, 3.63) is 41.5 Å². The maximum absolute atomic E-state index is 11.3. The quantitative estimate of drug-likeness (QED) is 0.570. The van der Waals surface area contributed by atoms with Crippen LogP contribution in [0.15, 0.2) is 35.9 Å². The topological polar surface area (TPSA) is 17.1 Å². The monoisotopic (exact) mass is 248 g/mol. The SMILES string of the molecule is CC1(C)CCC(c2ccccc2)=C(C=O)C1Cl. The van der Waals surface area contributed by atoms with Gasteiger partial charge in [0.15, 0.2) is 0 Å². The summed E-state index contributed by atoms with van der Waals surface area (Å²) in [5, 5.41) is -0.191. The zero-order valence-corrected chi connectivity index (χ0v) is 11.0. The Morgan fingerprint density at radius 1 is 1.29 bits per heavy atom. The molecule has 0 heterocycles. The van der Waals surface area contributed by atoms with Crippen LogP contribution in [0.1, 0.15) is 32.3 Å². The summed E-state index contributed by atoms with van der Waals surface area (Å²) in [4.78, 5) is 11.3. The molecule has 0 bridgehead atoms. The number of halogens is 1. The summed E-state index contributed by atoms with van der Waals surface area (Å²) >= 11 is 6.43. The first-order chi connectivity index (χ1) is 8.06. The van der Waals surface area contributed by atoms with Gasteiger partial charge in [-0.3, -0.25) is 4.79 Å². The Kier molecular flexibility index (Phi) is 3.39. The van der Waals surface area contributed by atoms with Crippen molar-refractivity contribution >= 4 is 23.5 Å². The second kappa shape index (κ2) is 4.66. The molecule has 1 nitrogen and oxygen atoms in total. The molecule has 1 unspecified atom stereocenters. The van der Waals surface area contributed by atoms with Gasteiger partial charge in [0.25, 0.3) is 0 Å². The lowest BCUT2D eigenvalue weighted by atomic mass is 9.73. The number of aldehydes is 1. The minimum atomic E-state index is -0.191. The number of carbonyl (C=O) groups is 1. The summed E-state index contributed by atoms with van der Waals surface area (Å²) in [6, 6.07) is 10.1. The molecule has 0 spiro atoms. The zero-order chi connectivity index (χ0) is 12.5. The van der Waals surface area contributed by atoms with Gasteiger partial charge < -0.3 is 0 Å². The molecular weight excluding hydrogens is 232 g/mol. The number of rotatable bonds is 2. The van der Waals surface area contributed by atoms with Gasteiger partial charge in [-0.2, -0.15) is 0 Å². The molecule has 0 saturated heterocycles. The van der Waals surface area contributed by atoms with Crippen LogP contribution < -0.4 is 0 Å². The second-order valence-corrected chi connectivity index (χ2v) is 5.71. The summed E-state index contributed by atoms with van der Waals surface area (Å²) in [6.07, 6.45) is 2.87. The highest BCUT2D eigenvalue weighted by Crippen LogP contribution is 2.44. The molecule has 1 aromatic carbocycles. The largest absolute Gasteiger partial charge is 0.298 e. The van der Waals surface area contributed by atoms with Crippen molar-refractivity contribution in [2.75, 3.05) is 0 Å². The molecular formula is C15H17ClO. The summed E-state index contributed by atoms with van der Waals surface area (Å²) in [5.41, 5.74) is 2.99. The van der Waals surface area contributed by atoms with E-state index in [0.717, 1.165) is 35.8 Å². The van der Waals surface area contributed by atoms with Crippen molar-refractivity contribution in [3.63, 3.8) is 0 Å². The predicted molar refractivity (Wildman–Crippen MR) is 72.1 cm³/mol. The van der Waals surface area contributed by atoms with Gasteiger partial charge in [-0.15, -0.1) is 11.6 Å². The molecule has 2 rings (SSSR count). The van der Waals surface area contributed by atoms with Crippen LogP contribution in [0.3, 0.4) is 0 Å². The van der Waals surface area contributed by atoms with Crippen LogP contribution in [0, 0.1) is 5.41 Å². The van der Waals surface area contributed by atoms with Crippen molar-refractivity contribution < 1.29 is 4.79 Å². The molecule has 0 radical (unpaired) electrons. The molecule has 1 aliphatic rings. The van der Waals surface area contributed by atoms with Gasteiger partial charge in [-0.1, -0.05) is 44.2 Å². The molecule has 1 aliphatic carbocycles. The minimum absolute atomic E-state index is 0.00389. The van der Waals surface area contributed by atoms with Gasteiger partial charge in [0.1, 0.15) is 6.29 Å². The fourth-order valence-corrected chi connectivity index (χ4v) is 2.67. The molecule has 0 aromatic heterocycles. The van der Waals surface area contributed by atoms with Gasteiger partial charge in [0, 0.05) is 5.57 Å². The maximum Gasteiger partial charge on any atom is 0.147 e. The third-order valence-electron chi connectivity index (χ3n) is 3.58. The van der Waals surface area contributed by atoms with Crippen molar-refractivity contribution in [1.29, 1.82) is 0 Å². The van der Waals surface area contributed by atoms with E-state index in [-0.39, 0.29) is 10.8 Å². The van der Waals surface area contributed by atoms with Gasteiger partial charge in [0.2, 0.25) is 0 Å². The van der Waals surface area contributed by atoms with Gasteiger partial charge >= 0.3 is 0 Å². The Balaban J connectivity index is 2.49. The van der Waals surface area contributed by atoms with Gasteiger partial charge in [-0.25, -0.2) is 0 Å². The smallest absolute Gasteiger partial charge is 0.147 e. The lowest BCUT2D eigenvalue weighted by molar-refractivity contribution is -0.105. The van der Waals surface area contributed by atoms with E-state index in [1.54, 1.807) is 0 Å². The molecule has 0 fully saturated rings. The lowest BCUT2D eigenvalue weighted by Gasteiger charge is -2.36. The van der Waals surface area contributed by atoms with Crippen LogP contribution in [-0.4, -0.2) is 11.7 Å². The average Bonchev–Trinajstić information content (AvgIpc) is 2.33. The summed E-state index contributed by atoms with van der Waals surface area (Å²) < 4.78 is 0. The third kappa shape index (κ3) is 2.30. The second-order valence-electron chi connectivity index (χ2n) is 5.27. The van der Waals surface area contributed by atoms with E-state index in [0.29, 0.717) is 0 Å². The molecule has 0 amide bonds. The van der Waals surface area contributed by atoms with Crippen molar-refractivity contribution in [2.24, 2.45) is 5.41 Å². The fraction of sp³-hybridized carbons (Fsp3) is 0.400. The molecule has 0 N–H and O–H groups in total. The molecule has 0 saturated carbocycles. The average molecular weight is 249 g/mol. The zero-order valence-electron chi connectivity index (χ0n) is 10.2. The molecule has 0 aliphatic heterocycles. The van der Waals surface area contributed by atoms with Crippen LogP contribution in [-0.2, 0) is 4.79 Å². The molecule has 1 atom stereocenters. The normalized spacial score (nSPS) is 23.6. The lowest BCUT2D eigenvalue weighted by Crippen LogP contribution is -2.31. The van der Waals surface area contributed by atoms with Crippen LogP contribution >= 0.6 is 11.6 Å². The summed E-state index contributed by atoms with van der Waals surface area (Å²) in [7, 11) is 0. The minimum Gasteiger partial charge on any atom is -0.298 e. The number of allylic oxidation sites excluding steroid dienone is 2. The maximum atomic E-state index is 11.3. The Hall–Kier alpha value is -1.08. The predicted octanol–water partition coefficient (Wildman–Crippen LogP) is 4.07. The number of benzene rings is 1. The summed E-state index contributed by atoms with van der Waals surface area (Å²) in [6.45, 7) is 4.24. The highest BCUT2D eigenvalue weighted by Gasteiger charge is 2.36. The van der Waals surface area contributed by atoms with E-state index in [1.807, 2.05) is 30.3 Å². The van der Waals surface area contributed by atoms with E-state index in [4.69, 9.17) is 11.6 Å². The van der Waals surface area contributed by atoms with E-state index < -0.39 is 0 Å². The van der Waals surface area contributed by atoms with Crippen LogP contribution in [0.5, 0.6) is 0 Å². The Morgan fingerprint density at radius 2 is 1.94 bits per heavy atom. The third-order valence-corrected chi connectivity index (χ3v) is 4.40. The fourth-order valence-electron chi connectivity index (χ4n) is 2.37. The van der Waals surface area contributed by atoms with Crippen LogP contribution in [0.25, 0.3) is 5.57 Å². The Morgan fingerprint density at radius 3 is 2.53 bits per heavy atom. The van der Waals surface area contributed by atoms with E-state index in [2.05, 4.69) is 13.8 Å². The number of alkyl halides is 1. The molecule has 17 heavy (non-hydrogen) atoms. The summed E-state index contributed by atoms with van der Waals surface area (Å²) in [5.74, 6) is 0. The highest BCUT2D eigenvalue weighted by atomic mass is 35.5. The molecule has 1 aromatic rings. The van der Waals surface area contributed by atoms with E-state index in [9.17, 15) is 4.79 Å². The first-order valence-electron chi connectivity index (χ1n) is 5.94. The van der Waals surface area contributed by atoms with Crippen molar-refractivity contribution in [1.82, 2.24) is 0 Å². The molecule has 90 valence electrons. The standard InChI is InChI=1S/C15H17ClO/c1-15(2)9-8-12(13(10-17)14(15)16)11-6-4-3-5-7-11/h3-7,10,14H,8-9H2,1-2H3. The Bertz CT molecular complexity index is 445. The first-order valence-corrected chi connectivity index (χ1v) is 6.37. The van der Waals surface area contributed by atoms with Crippen molar-refractivity contribution in [3.8, 4) is 0 Å². The van der Waals surface area contributed by atoms with Crippen LogP contribution in [0.2, 0.25) is 0 Å². The number of carbonyl (C=O) groups excluding carboxylic acids is 1. The van der Waals surface area contributed by atoms with E-state index in [1.165, 1.54) is 0 Å². The first kappa shape index (κ1) is 12.4. The number of hydrogen-bond donors (Lipinski definition) is 0. The van der Waals surface area contributed by atoms with Crippen molar-refractivity contribution in [2.45, 2.75) is 32.1 Å². The highest BCUT2D eigenvalue weighted by molar-refractivity contribution is 6.26.